The largest absolute Gasteiger partial charge is 0.368 e. The van der Waals surface area contributed by atoms with Gasteiger partial charge in [-0.2, -0.15) is 0 Å². The number of rotatable bonds is 4. The molecular formula is C19H17Cl2N3OS2. The van der Waals surface area contributed by atoms with Gasteiger partial charge in [0, 0.05) is 41.9 Å². The molecule has 0 radical (unpaired) electrons. The first-order valence-electron chi connectivity index (χ1n) is 8.56. The zero-order valence-corrected chi connectivity index (χ0v) is 17.5. The highest BCUT2D eigenvalue weighted by Crippen LogP contribution is 2.31. The van der Waals surface area contributed by atoms with Gasteiger partial charge in [-0.3, -0.25) is 4.79 Å². The molecule has 0 N–H and O–H groups in total. The molecule has 1 aliphatic rings. The highest BCUT2D eigenvalue weighted by atomic mass is 35.5. The van der Waals surface area contributed by atoms with Crippen LogP contribution in [0.2, 0.25) is 10.0 Å². The summed E-state index contributed by atoms with van der Waals surface area (Å²) in [6.07, 6.45) is 0. The average molecular weight is 438 g/mol. The highest BCUT2D eigenvalue weighted by Gasteiger charge is 2.21. The second-order valence-corrected chi connectivity index (χ2v) is 9.35. The molecule has 1 aliphatic heterocycles. The lowest BCUT2D eigenvalue weighted by Gasteiger charge is -2.36. The lowest BCUT2D eigenvalue weighted by molar-refractivity contribution is -0.128. The Morgan fingerprint density at radius 3 is 2.63 bits per heavy atom. The van der Waals surface area contributed by atoms with Crippen LogP contribution in [0.4, 0.5) is 5.69 Å². The fourth-order valence-corrected chi connectivity index (χ4v) is 5.35. The maximum atomic E-state index is 12.6. The van der Waals surface area contributed by atoms with Crippen molar-refractivity contribution in [2.24, 2.45) is 0 Å². The number of benzene rings is 2. The first-order valence-corrected chi connectivity index (χ1v) is 11.1. The first kappa shape index (κ1) is 18.9. The van der Waals surface area contributed by atoms with Crippen LogP contribution in [-0.2, 0) is 4.79 Å². The first-order chi connectivity index (χ1) is 13.1. The van der Waals surface area contributed by atoms with Crippen molar-refractivity contribution < 1.29 is 4.79 Å². The van der Waals surface area contributed by atoms with Gasteiger partial charge in [-0.15, -0.1) is 11.3 Å². The molecule has 4 rings (SSSR count). The number of aromatic nitrogens is 1. The molecule has 0 unspecified atom stereocenters. The zero-order chi connectivity index (χ0) is 18.8. The van der Waals surface area contributed by atoms with E-state index in [1.807, 2.05) is 41.3 Å². The summed E-state index contributed by atoms with van der Waals surface area (Å²) in [5.74, 6) is 0.563. The van der Waals surface area contributed by atoms with Crippen LogP contribution in [0, 0.1) is 0 Å². The number of carbonyl (C=O) groups is 1. The molecule has 0 saturated carbocycles. The standard InChI is InChI=1S/C19H17Cl2N3OS2/c20-13-2-1-3-15(10-13)23-6-8-24(9-7-23)18(25)12-26-19-22-16-11-14(21)4-5-17(16)27-19/h1-5,10-11H,6-9,12H2. The van der Waals surface area contributed by atoms with Gasteiger partial charge in [-0.25, -0.2) is 4.98 Å². The molecule has 2 aromatic carbocycles. The minimum absolute atomic E-state index is 0.156. The van der Waals surface area contributed by atoms with Crippen LogP contribution >= 0.6 is 46.3 Å². The fraction of sp³-hybridized carbons (Fsp3) is 0.263. The van der Waals surface area contributed by atoms with Crippen molar-refractivity contribution in [3.05, 3.63) is 52.5 Å². The van der Waals surface area contributed by atoms with Crippen LogP contribution < -0.4 is 4.90 Å². The molecule has 27 heavy (non-hydrogen) atoms. The molecule has 0 aliphatic carbocycles. The van der Waals surface area contributed by atoms with Crippen molar-refractivity contribution in [2.75, 3.05) is 36.8 Å². The molecule has 3 aromatic rings. The van der Waals surface area contributed by atoms with E-state index in [1.165, 1.54) is 11.8 Å². The van der Waals surface area contributed by atoms with Crippen LogP contribution in [0.1, 0.15) is 0 Å². The van der Waals surface area contributed by atoms with Crippen molar-refractivity contribution in [3.63, 3.8) is 0 Å². The van der Waals surface area contributed by atoms with Crippen molar-refractivity contribution in [3.8, 4) is 0 Å². The number of carbonyl (C=O) groups excluding carboxylic acids is 1. The third kappa shape index (κ3) is 4.51. The number of halogens is 2. The summed E-state index contributed by atoms with van der Waals surface area (Å²) < 4.78 is 1.99. The van der Waals surface area contributed by atoms with Crippen LogP contribution in [0.5, 0.6) is 0 Å². The highest BCUT2D eigenvalue weighted by molar-refractivity contribution is 8.01. The van der Waals surface area contributed by atoms with E-state index < -0.39 is 0 Å². The summed E-state index contributed by atoms with van der Waals surface area (Å²) in [5, 5.41) is 1.41. The smallest absolute Gasteiger partial charge is 0.233 e. The van der Waals surface area contributed by atoms with Crippen LogP contribution in [0.3, 0.4) is 0 Å². The van der Waals surface area contributed by atoms with Gasteiger partial charge in [0.1, 0.15) is 0 Å². The number of fused-ring (bicyclic) bond motifs is 1. The Morgan fingerprint density at radius 1 is 1.07 bits per heavy atom. The van der Waals surface area contributed by atoms with Gasteiger partial charge in [-0.1, -0.05) is 41.0 Å². The molecule has 2 heterocycles. The number of hydrogen-bond acceptors (Lipinski definition) is 5. The van der Waals surface area contributed by atoms with E-state index in [4.69, 9.17) is 23.2 Å². The van der Waals surface area contributed by atoms with E-state index in [2.05, 4.69) is 16.0 Å². The molecule has 1 saturated heterocycles. The third-order valence-electron chi connectivity index (χ3n) is 4.45. The van der Waals surface area contributed by atoms with Crippen molar-refractivity contribution in [1.29, 1.82) is 0 Å². The summed E-state index contributed by atoms with van der Waals surface area (Å²) in [6, 6.07) is 13.5. The summed E-state index contributed by atoms with van der Waals surface area (Å²) in [6.45, 7) is 3.08. The van der Waals surface area contributed by atoms with Gasteiger partial charge >= 0.3 is 0 Å². The predicted molar refractivity (Wildman–Crippen MR) is 116 cm³/mol. The van der Waals surface area contributed by atoms with Gasteiger partial charge in [0.15, 0.2) is 4.34 Å². The number of piperazine rings is 1. The van der Waals surface area contributed by atoms with Gasteiger partial charge in [-0.05, 0) is 36.4 Å². The fourth-order valence-electron chi connectivity index (χ4n) is 3.04. The molecule has 1 amide bonds. The SMILES string of the molecule is O=C(CSc1nc2cc(Cl)ccc2s1)N1CCN(c2cccc(Cl)c2)CC1. The molecule has 0 atom stereocenters. The van der Waals surface area contributed by atoms with E-state index in [-0.39, 0.29) is 5.91 Å². The topological polar surface area (TPSA) is 36.4 Å². The Balaban J connectivity index is 1.31. The Bertz CT molecular complexity index is 970. The van der Waals surface area contributed by atoms with E-state index in [1.54, 1.807) is 11.3 Å². The molecule has 140 valence electrons. The van der Waals surface area contributed by atoms with E-state index in [0.717, 1.165) is 51.4 Å². The van der Waals surface area contributed by atoms with E-state index >= 15 is 0 Å². The predicted octanol–water partition coefficient (Wildman–Crippen LogP) is 5.04. The maximum absolute atomic E-state index is 12.6. The number of amides is 1. The minimum atomic E-state index is 0.156. The molecule has 1 aromatic heterocycles. The Hall–Kier alpha value is -1.47. The number of anilines is 1. The Morgan fingerprint density at radius 2 is 1.85 bits per heavy atom. The minimum Gasteiger partial charge on any atom is -0.368 e. The van der Waals surface area contributed by atoms with E-state index in [9.17, 15) is 4.79 Å². The van der Waals surface area contributed by atoms with E-state index in [0.29, 0.717) is 10.8 Å². The number of hydrogen-bond donors (Lipinski definition) is 0. The second kappa shape index (κ2) is 8.27. The third-order valence-corrected chi connectivity index (χ3v) is 7.09. The molecule has 0 spiro atoms. The molecule has 0 bridgehead atoms. The summed E-state index contributed by atoms with van der Waals surface area (Å²) in [7, 11) is 0. The number of thiazole rings is 1. The average Bonchev–Trinajstić information content (AvgIpc) is 3.08. The number of thioether (sulfide) groups is 1. The molecule has 1 fully saturated rings. The number of nitrogens with zero attached hydrogens (tertiary/aromatic N) is 3. The monoisotopic (exact) mass is 437 g/mol. The molecular weight excluding hydrogens is 421 g/mol. The molecule has 4 nitrogen and oxygen atoms in total. The van der Waals surface area contributed by atoms with Gasteiger partial charge in [0.2, 0.25) is 5.91 Å². The lowest BCUT2D eigenvalue weighted by Crippen LogP contribution is -2.49. The van der Waals surface area contributed by atoms with Crippen LogP contribution in [0.15, 0.2) is 46.8 Å². The van der Waals surface area contributed by atoms with Crippen molar-refractivity contribution >= 4 is 68.1 Å². The normalized spacial score (nSPS) is 14.7. The zero-order valence-electron chi connectivity index (χ0n) is 14.4. The summed E-state index contributed by atoms with van der Waals surface area (Å²) in [5.41, 5.74) is 2.00. The van der Waals surface area contributed by atoms with Crippen molar-refractivity contribution in [2.45, 2.75) is 4.34 Å². The van der Waals surface area contributed by atoms with Gasteiger partial charge in [0.25, 0.3) is 0 Å². The van der Waals surface area contributed by atoms with Gasteiger partial charge < -0.3 is 9.80 Å². The second-order valence-electron chi connectivity index (χ2n) is 6.23. The Labute approximate surface area is 176 Å². The lowest BCUT2D eigenvalue weighted by atomic mass is 10.2. The van der Waals surface area contributed by atoms with Crippen molar-refractivity contribution in [1.82, 2.24) is 9.88 Å². The maximum Gasteiger partial charge on any atom is 0.233 e. The Kier molecular flexibility index (Phi) is 5.78. The van der Waals surface area contributed by atoms with Gasteiger partial charge in [0.05, 0.1) is 16.0 Å². The van der Waals surface area contributed by atoms with Crippen LogP contribution in [-0.4, -0.2) is 47.7 Å². The molecule has 8 heteroatoms. The summed E-state index contributed by atoms with van der Waals surface area (Å²) >= 11 is 15.2. The van der Waals surface area contributed by atoms with Crippen LogP contribution in [0.25, 0.3) is 10.2 Å². The summed E-state index contributed by atoms with van der Waals surface area (Å²) in [4.78, 5) is 21.3. The quantitative estimate of drug-likeness (QED) is 0.535.